The highest BCUT2D eigenvalue weighted by atomic mass is 16.2. The molecule has 0 bridgehead atoms. The number of hydrogen-bond donors (Lipinski definition) is 1. The molecule has 2 amide bonds. The van der Waals surface area contributed by atoms with Gasteiger partial charge in [-0.2, -0.15) is 0 Å². The van der Waals surface area contributed by atoms with Crippen LogP contribution >= 0.6 is 0 Å². The maximum absolute atomic E-state index is 12.5. The molecule has 3 rings (SSSR count). The van der Waals surface area contributed by atoms with E-state index in [4.69, 9.17) is 0 Å². The minimum absolute atomic E-state index is 0.00425. The standard InChI is InChI=1S/C20H28N4O/c1-20(2,3)17-4-6-18(7-5-17)22-19(25)24-11-8-16(9-12-24)14-23-13-10-21-15-23/h4-7,10,13,15-16H,8-9,11-12,14H2,1-3H3,(H,22,25). The molecule has 5 heteroatoms. The average Bonchev–Trinajstić information content (AvgIpc) is 3.08. The van der Waals surface area contributed by atoms with Crippen molar-refractivity contribution in [3.8, 4) is 0 Å². The van der Waals surface area contributed by atoms with Gasteiger partial charge in [0, 0.05) is 37.7 Å². The van der Waals surface area contributed by atoms with Gasteiger partial charge in [0.15, 0.2) is 0 Å². The van der Waals surface area contributed by atoms with Crippen LogP contribution in [0, 0.1) is 5.92 Å². The lowest BCUT2D eigenvalue weighted by molar-refractivity contribution is 0.177. The smallest absolute Gasteiger partial charge is 0.321 e. The molecule has 0 radical (unpaired) electrons. The van der Waals surface area contributed by atoms with E-state index in [1.165, 1.54) is 5.56 Å². The van der Waals surface area contributed by atoms with Crippen molar-refractivity contribution in [1.29, 1.82) is 0 Å². The third-order valence-corrected chi connectivity index (χ3v) is 4.93. The van der Waals surface area contributed by atoms with Crippen LogP contribution in [0.15, 0.2) is 43.0 Å². The minimum Gasteiger partial charge on any atom is -0.337 e. The van der Waals surface area contributed by atoms with E-state index in [1.54, 1.807) is 0 Å². The van der Waals surface area contributed by atoms with Crippen LogP contribution in [-0.4, -0.2) is 33.6 Å². The number of imidazole rings is 1. The maximum atomic E-state index is 12.5. The Labute approximate surface area is 150 Å². The number of piperidine rings is 1. The van der Waals surface area contributed by atoms with Crippen LogP contribution in [-0.2, 0) is 12.0 Å². The number of anilines is 1. The zero-order chi connectivity index (χ0) is 17.9. The predicted octanol–water partition coefficient (Wildman–Crippen LogP) is 4.12. The number of urea groups is 1. The number of amides is 2. The molecule has 134 valence electrons. The molecule has 1 saturated heterocycles. The number of nitrogens with zero attached hydrogens (tertiary/aromatic N) is 3. The summed E-state index contributed by atoms with van der Waals surface area (Å²) in [6.45, 7) is 9.18. The Balaban J connectivity index is 1.49. The first-order valence-electron chi connectivity index (χ1n) is 9.04. The minimum atomic E-state index is 0.00425. The van der Waals surface area contributed by atoms with Gasteiger partial charge in [0.1, 0.15) is 0 Å². The van der Waals surface area contributed by atoms with Crippen LogP contribution in [0.5, 0.6) is 0 Å². The largest absolute Gasteiger partial charge is 0.337 e. The van der Waals surface area contributed by atoms with E-state index in [-0.39, 0.29) is 11.4 Å². The highest BCUT2D eigenvalue weighted by molar-refractivity contribution is 5.89. The van der Waals surface area contributed by atoms with Gasteiger partial charge < -0.3 is 14.8 Å². The third kappa shape index (κ3) is 4.62. The second-order valence-electron chi connectivity index (χ2n) is 7.95. The zero-order valence-electron chi connectivity index (χ0n) is 15.4. The van der Waals surface area contributed by atoms with E-state index in [0.29, 0.717) is 5.92 Å². The fourth-order valence-electron chi connectivity index (χ4n) is 3.27. The summed E-state index contributed by atoms with van der Waals surface area (Å²) >= 11 is 0. The van der Waals surface area contributed by atoms with E-state index < -0.39 is 0 Å². The Hall–Kier alpha value is -2.30. The molecule has 1 aromatic heterocycles. The molecule has 2 heterocycles. The van der Waals surface area contributed by atoms with Gasteiger partial charge >= 0.3 is 6.03 Å². The molecule has 0 spiro atoms. The third-order valence-electron chi connectivity index (χ3n) is 4.93. The van der Waals surface area contributed by atoms with Gasteiger partial charge in [0.25, 0.3) is 0 Å². The van der Waals surface area contributed by atoms with Crippen molar-refractivity contribution in [1.82, 2.24) is 14.5 Å². The number of likely N-dealkylation sites (tertiary alicyclic amines) is 1. The van der Waals surface area contributed by atoms with E-state index in [2.05, 4.69) is 47.8 Å². The predicted molar refractivity (Wildman–Crippen MR) is 101 cm³/mol. The van der Waals surface area contributed by atoms with Crippen LogP contribution in [0.3, 0.4) is 0 Å². The number of nitrogens with one attached hydrogen (secondary N) is 1. The molecule has 0 saturated carbocycles. The Kier molecular flexibility index (Phi) is 5.11. The van der Waals surface area contributed by atoms with Crippen molar-refractivity contribution in [3.63, 3.8) is 0 Å². The van der Waals surface area contributed by atoms with E-state index in [0.717, 1.165) is 38.2 Å². The van der Waals surface area contributed by atoms with Gasteiger partial charge in [0.2, 0.25) is 0 Å². The van der Waals surface area contributed by atoms with Crippen molar-refractivity contribution in [2.45, 2.75) is 45.6 Å². The summed E-state index contributed by atoms with van der Waals surface area (Å²) in [5.41, 5.74) is 2.25. The lowest BCUT2D eigenvalue weighted by Crippen LogP contribution is -2.41. The molecular weight excluding hydrogens is 312 g/mol. The lowest BCUT2D eigenvalue weighted by Gasteiger charge is -2.32. The van der Waals surface area contributed by atoms with E-state index in [9.17, 15) is 4.79 Å². The average molecular weight is 340 g/mol. The van der Waals surface area contributed by atoms with Crippen molar-refractivity contribution in [2.75, 3.05) is 18.4 Å². The van der Waals surface area contributed by atoms with Crippen LogP contribution < -0.4 is 5.32 Å². The van der Waals surface area contributed by atoms with Crippen molar-refractivity contribution < 1.29 is 4.79 Å². The normalized spacial score (nSPS) is 16.0. The fraction of sp³-hybridized carbons (Fsp3) is 0.500. The van der Waals surface area contributed by atoms with Gasteiger partial charge in [-0.3, -0.25) is 0 Å². The highest BCUT2D eigenvalue weighted by Crippen LogP contribution is 2.24. The van der Waals surface area contributed by atoms with Gasteiger partial charge in [-0.25, -0.2) is 9.78 Å². The zero-order valence-corrected chi connectivity index (χ0v) is 15.4. The molecule has 1 fully saturated rings. The van der Waals surface area contributed by atoms with Crippen LogP contribution in [0.1, 0.15) is 39.2 Å². The molecular formula is C20H28N4O. The second kappa shape index (κ2) is 7.30. The monoisotopic (exact) mass is 340 g/mol. The molecule has 5 nitrogen and oxygen atoms in total. The second-order valence-corrected chi connectivity index (χ2v) is 7.95. The van der Waals surface area contributed by atoms with Crippen molar-refractivity contribution in [2.24, 2.45) is 5.92 Å². The summed E-state index contributed by atoms with van der Waals surface area (Å²) in [5, 5.41) is 3.02. The first kappa shape index (κ1) is 17.5. The van der Waals surface area contributed by atoms with Gasteiger partial charge in [-0.1, -0.05) is 32.9 Å². The Bertz CT molecular complexity index is 677. The summed E-state index contributed by atoms with van der Waals surface area (Å²) < 4.78 is 2.12. The summed E-state index contributed by atoms with van der Waals surface area (Å²) in [5.74, 6) is 0.615. The quantitative estimate of drug-likeness (QED) is 0.913. The Morgan fingerprint density at radius 1 is 1.20 bits per heavy atom. The van der Waals surface area contributed by atoms with Crippen molar-refractivity contribution >= 4 is 11.7 Å². The topological polar surface area (TPSA) is 50.2 Å². The Morgan fingerprint density at radius 3 is 2.44 bits per heavy atom. The maximum Gasteiger partial charge on any atom is 0.321 e. The summed E-state index contributed by atoms with van der Waals surface area (Å²) in [4.78, 5) is 18.5. The molecule has 1 aliphatic heterocycles. The number of benzene rings is 1. The van der Waals surface area contributed by atoms with E-state index in [1.807, 2.05) is 35.8 Å². The molecule has 25 heavy (non-hydrogen) atoms. The summed E-state index contributed by atoms with van der Waals surface area (Å²) in [7, 11) is 0. The first-order chi connectivity index (χ1) is 11.9. The molecule has 1 aromatic carbocycles. The molecule has 1 N–H and O–H groups in total. The van der Waals surface area contributed by atoms with Gasteiger partial charge in [-0.15, -0.1) is 0 Å². The van der Waals surface area contributed by atoms with Gasteiger partial charge in [-0.05, 0) is 41.9 Å². The summed E-state index contributed by atoms with van der Waals surface area (Å²) in [6.07, 6.45) is 7.75. The highest BCUT2D eigenvalue weighted by Gasteiger charge is 2.23. The van der Waals surface area contributed by atoms with E-state index >= 15 is 0 Å². The molecule has 0 unspecified atom stereocenters. The Morgan fingerprint density at radius 2 is 1.88 bits per heavy atom. The van der Waals surface area contributed by atoms with Crippen LogP contribution in [0.2, 0.25) is 0 Å². The fourth-order valence-corrected chi connectivity index (χ4v) is 3.27. The molecule has 2 aromatic rings. The molecule has 0 aliphatic carbocycles. The van der Waals surface area contributed by atoms with Crippen molar-refractivity contribution in [3.05, 3.63) is 48.5 Å². The first-order valence-corrected chi connectivity index (χ1v) is 9.04. The number of hydrogen-bond acceptors (Lipinski definition) is 2. The number of carbonyl (C=O) groups excluding carboxylic acids is 1. The number of carbonyl (C=O) groups is 1. The van der Waals surface area contributed by atoms with Crippen LogP contribution in [0.25, 0.3) is 0 Å². The number of aromatic nitrogens is 2. The SMILES string of the molecule is CC(C)(C)c1ccc(NC(=O)N2CCC(Cn3ccnc3)CC2)cc1. The van der Waals surface area contributed by atoms with Gasteiger partial charge in [0.05, 0.1) is 6.33 Å². The number of rotatable bonds is 3. The molecule has 0 atom stereocenters. The summed E-state index contributed by atoms with van der Waals surface area (Å²) in [6, 6.07) is 8.17. The molecule has 1 aliphatic rings. The van der Waals surface area contributed by atoms with Crippen LogP contribution in [0.4, 0.5) is 10.5 Å². The lowest BCUT2D eigenvalue weighted by atomic mass is 9.87.